The van der Waals surface area contributed by atoms with Gasteiger partial charge < -0.3 is 20.7 Å². The number of aliphatic hydroxyl groups excluding tert-OH is 2. The molecule has 3 heterocycles. The highest BCUT2D eigenvalue weighted by atomic mass is 16.5. The summed E-state index contributed by atoms with van der Waals surface area (Å²) in [6, 6.07) is 9.87. The maximum atomic E-state index is 10.2. The van der Waals surface area contributed by atoms with Crippen molar-refractivity contribution in [3.8, 4) is 11.8 Å². The molecular formula is C19H19N5O3. The van der Waals surface area contributed by atoms with Crippen molar-refractivity contribution in [3.63, 3.8) is 0 Å². The van der Waals surface area contributed by atoms with Gasteiger partial charge in [0.1, 0.15) is 11.6 Å². The van der Waals surface area contributed by atoms with Crippen molar-refractivity contribution in [2.75, 3.05) is 12.3 Å². The van der Waals surface area contributed by atoms with Crippen molar-refractivity contribution in [1.29, 1.82) is 0 Å². The summed E-state index contributed by atoms with van der Waals surface area (Å²) >= 11 is 0. The largest absolute Gasteiger partial charge is 0.394 e. The summed E-state index contributed by atoms with van der Waals surface area (Å²) in [4.78, 5) is 12.9. The van der Waals surface area contributed by atoms with Crippen LogP contribution in [0.5, 0.6) is 0 Å². The molecule has 2 aromatic heterocycles. The predicted octanol–water partition coefficient (Wildman–Crippen LogP) is 0.643. The van der Waals surface area contributed by atoms with E-state index in [-0.39, 0.29) is 18.2 Å². The Hall–Kier alpha value is -2.99. The molecule has 0 saturated carbocycles. The Bertz CT molecular complexity index is 1010. The molecule has 8 nitrogen and oxygen atoms in total. The highest BCUT2D eigenvalue weighted by Crippen LogP contribution is 2.31. The number of nitrogens with zero attached hydrogens (tertiary/aromatic N) is 4. The topological polar surface area (TPSA) is 119 Å². The van der Waals surface area contributed by atoms with E-state index in [0.717, 1.165) is 5.56 Å². The van der Waals surface area contributed by atoms with Crippen LogP contribution in [-0.4, -0.2) is 48.5 Å². The van der Waals surface area contributed by atoms with Crippen LogP contribution in [0.3, 0.4) is 0 Å². The first-order valence-electron chi connectivity index (χ1n) is 8.63. The fourth-order valence-electron chi connectivity index (χ4n) is 3.10. The summed E-state index contributed by atoms with van der Waals surface area (Å²) in [5.74, 6) is 6.47. The second-order valence-electron chi connectivity index (χ2n) is 6.35. The molecule has 0 aliphatic carbocycles. The van der Waals surface area contributed by atoms with E-state index >= 15 is 0 Å². The van der Waals surface area contributed by atoms with Gasteiger partial charge in [0.05, 0.1) is 19.0 Å². The van der Waals surface area contributed by atoms with Gasteiger partial charge >= 0.3 is 0 Å². The molecule has 1 aliphatic heterocycles. The zero-order chi connectivity index (χ0) is 18.8. The maximum absolute atomic E-state index is 10.2. The van der Waals surface area contributed by atoms with Gasteiger partial charge in [-0.2, -0.15) is 0 Å². The number of anilines is 1. The summed E-state index contributed by atoms with van der Waals surface area (Å²) in [6.45, 7) is -0.159. The van der Waals surface area contributed by atoms with E-state index in [1.807, 2.05) is 30.3 Å². The van der Waals surface area contributed by atoms with Crippen LogP contribution < -0.4 is 5.73 Å². The molecule has 3 atom stereocenters. The Balaban J connectivity index is 1.65. The van der Waals surface area contributed by atoms with Gasteiger partial charge in [0.15, 0.2) is 17.7 Å². The smallest absolute Gasteiger partial charge is 0.208 e. The molecule has 8 heteroatoms. The molecule has 1 aromatic carbocycles. The quantitative estimate of drug-likeness (QED) is 0.583. The molecule has 138 valence electrons. The monoisotopic (exact) mass is 365 g/mol. The summed E-state index contributed by atoms with van der Waals surface area (Å²) in [7, 11) is 0. The van der Waals surface area contributed by atoms with Crippen LogP contribution in [0, 0.1) is 11.8 Å². The third-order valence-corrected chi connectivity index (χ3v) is 4.43. The summed E-state index contributed by atoms with van der Waals surface area (Å²) in [6.07, 6.45) is 0.529. The van der Waals surface area contributed by atoms with E-state index in [4.69, 9.17) is 10.5 Å². The van der Waals surface area contributed by atoms with Gasteiger partial charge in [0, 0.05) is 12.8 Å². The van der Waals surface area contributed by atoms with Gasteiger partial charge in [0.2, 0.25) is 5.82 Å². The second kappa shape index (κ2) is 7.32. The van der Waals surface area contributed by atoms with E-state index in [2.05, 4.69) is 26.8 Å². The normalized spacial score (nSPS) is 21.9. The van der Waals surface area contributed by atoms with Crippen LogP contribution >= 0.6 is 0 Å². The standard InChI is InChI=1S/C19H19N5O3/c20-17-16-18(24(11-21-16)19-14(26)9-13(10-25)27-19)23-15(22-17)8-4-7-12-5-2-1-3-6-12/h1-3,5-6,11,13-14,19,25-26H,7,9-10H2,(H2,20,22,23)/t13-,14+,19+/m0/s1. The van der Waals surface area contributed by atoms with Crippen LogP contribution in [0.25, 0.3) is 11.2 Å². The number of ether oxygens (including phenoxy) is 1. The third kappa shape index (κ3) is 3.48. The Morgan fingerprint density at radius 3 is 2.81 bits per heavy atom. The summed E-state index contributed by atoms with van der Waals surface area (Å²) in [5, 5.41) is 19.5. The van der Waals surface area contributed by atoms with Gasteiger partial charge in [-0.1, -0.05) is 36.3 Å². The van der Waals surface area contributed by atoms with Gasteiger partial charge in [-0.05, 0) is 11.5 Å². The number of aliphatic hydroxyl groups is 2. The zero-order valence-electron chi connectivity index (χ0n) is 14.5. The fourth-order valence-corrected chi connectivity index (χ4v) is 3.10. The number of hydrogen-bond acceptors (Lipinski definition) is 7. The van der Waals surface area contributed by atoms with E-state index in [9.17, 15) is 10.2 Å². The number of nitrogen functional groups attached to an aromatic ring is 1. The molecular weight excluding hydrogens is 346 g/mol. The molecule has 0 bridgehead atoms. The van der Waals surface area contributed by atoms with E-state index in [1.165, 1.54) is 6.33 Å². The second-order valence-corrected chi connectivity index (χ2v) is 6.35. The van der Waals surface area contributed by atoms with Crippen LogP contribution in [0.15, 0.2) is 36.7 Å². The minimum absolute atomic E-state index is 0.159. The first kappa shape index (κ1) is 17.4. The summed E-state index contributed by atoms with van der Waals surface area (Å²) in [5.41, 5.74) is 7.96. The molecule has 27 heavy (non-hydrogen) atoms. The van der Waals surface area contributed by atoms with Gasteiger partial charge in [-0.15, -0.1) is 0 Å². The average Bonchev–Trinajstić information content (AvgIpc) is 3.26. The van der Waals surface area contributed by atoms with Crippen molar-refractivity contribution >= 4 is 17.0 Å². The SMILES string of the molecule is Nc1nc(C#CCc2ccccc2)nc2c1ncn2[C@@H]1O[C@H](CO)C[C@H]1O. The van der Waals surface area contributed by atoms with Crippen molar-refractivity contribution in [1.82, 2.24) is 19.5 Å². The highest BCUT2D eigenvalue weighted by molar-refractivity contribution is 5.82. The third-order valence-electron chi connectivity index (χ3n) is 4.43. The number of hydrogen-bond donors (Lipinski definition) is 3. The highest BCUT2D eigenvalue weighted by Gasteiger charge is 2.36. The molecule has 4 N–H and O–H groups in total. The van der Waals surface area contributed by atoms with Gasteiger partial charge in [0.25, 0.3) is 0 Å². The van der Waals surface area contributed by atoms with Crippen LogP contribution in [0.4, 0.5) is 5.82 Å². The Labute approximate surface area is 155 Å². The average molecular weight is 365 g/mol. The van der Waals surface area contributed by atoms with Crippen molar-refractivity contribution < 1.29 is 14.9 Å². The number of fused-ring (bicyclic) bond motifs is 1. The van der Waals surface area contributed by atoms with Crippen LogP contribution in [0.2, 0.25) is 0 Å². The molecule has 4 rings (SSSR count). The number of aromatic nitrogens is 4. The lowest BCUT2D eigenvalue weighted by atomic mass is 10.2. The number of imidazole rings is 1. The van der Waals surface area contributed by atoms with E-state index in [0.29, 0.717) is 24.0 Å². The molecule has 0 spiro atoms. The first-order chi connectivity index (χ1) is 13.2. The molecule has 0 unspecified atom stereocenters. The van der Waals surface area contributed by atoms with Crippen molar-refractivity contribution in [2.24, 2.45) is 0 Å². The van der Waals surface area contributed by atoms with Crippen molar-refractivity contribution in [2.45, 2.75) is 31.3 Å². The van der Waals surface area contributed by atoms with Crippen molar-refractivity contribution in [3.05, 3.63) is 48.0 Å². The lowest BCUT2D eigenvalue weighted by Gasteiger charge is -2.16. The predicted molar refractivity (Wildman–Crippen MR) is 98.4 cm³/mol. The molecule has 3 aromatic rings. The molecule has 1 aliphatic rings. The number of nitrogens with two attached hydrogens (primary N) is 1. The lowest BCUT2D eigenvalue weighted by molar-refractivity contribution is -0.0486. The molecule has 1 saturated heterocycles. The van der Waals surface area contributed by atoms with E-state index in [1.54, 1.807) is 4.57 Å². The summed E-state index contributed by atoms with van der Waals surface area (Å²) < 4.78 is 7.29. The maximum Gasteiger partial charge on any atom is 0.208 e. The van der Waals surface area contributed by atoms with Gasteiger partial charge in [-0.3, -0.25) is 4.57 Å². The minimum Gasteiger partial charge on any atom is -0.394 e. The Morgan fingerprint density at radius 2 is 2.07 bits per heavy atom. The lowest BCUT2D eigenvalue weighted by Crippen LogP contribution is -2.19. The van der Waals surface area contributed by atoms with Gasteiger partial charge in [-0.25, -0.2) is 15.0 Å². The van der Waals surface area contributed by atoms with Crippen LogP contribution in [0.1, 0.15) is 24.0 Å². The number of rotatable bonds is 3. The van der Waals surface area contributed by atoms with E-state index < -0.39 is 18.4 Å². The minimum atomic E-state index is -0.775. The molecule has 1 fully saturated rings. The zero-order valence-corrected chi connectivity index (χ0v) is 14.5. The first-order valence-corrected chi connectivity index (χ1v) is 8.63. The van der Waals surface area contributed by atoms with Crippen LogP contribution in [-0.2, 0) is 11.2 Å². The Morgan fingerprint density at radius 1 is 1.26 bits per heavy atom. The Kier molecular flexibility index (Phi) is 4.73. The number of benzene rings is 1. The molecule has 0 radical (unpaired) electrons. The molecule has 0 amide bonds. The fraction of sp³-hybridized carbons (Fsp3) is 0.316.